The molecular weight excluding hydrogens is 411 g/mol. The van der Waals surface area contributed by atoms with Crippen LogP contribution in [0.4, 0.5) is 14.9 Å². The maximum atomic E-state index is 13.7. The van der Waals surface area contributed by atoms with Crippen LogP contribution < -0.4 is 16.0 Å². The molecule has 3 N–H and O–H groups in total. The summed E-state index contributed by atoms with van der Waals surface area (Å²) in [6.45, 7) is 0.221. The average molecular weight is 431 g/mol. The van der Waals surface area contributed by atoms with E-state index in [1.807, 2.05) is 12.1 Å². The summed E-state index contributed by atoms with van der Waals surface area (Å²) in [5.74, 6) is -0.975. The molecule has 2 aromatic rings. The second-order valence-corrected chi connectivity index (χ2v) is 7.85. The Kier molecular flexibility index (Phi) is 5.59. The van der Waals surface area contributed by atoms with Crippen LogP contribution in [0.15, 0.2) is 48.5 Å². The number of amides is 4. The fourth-order valence-electron chi connectivity index (χ4n) is 3.86. The van der Waals surface area contributed by atoms with Crippen molar-refractivity contribution >= 4 is 35.1 Å². The molecule has 0 unspecified atom stereocenters. The first-order chi connectivity index (χ1) is 14.4. The van der Waals surface area contributed by atoms with Crippen molar-refractivity contribution in [2.45, 2.75) is 31.0 Å². The first-order valence-corrected chi connectivity index (χ1v) is 9.96. The normalized spacial score (nSPS) is 23.0. The fraction of sp³-hybridized carbons (Fsp3) is 0.286. The number of benzene rings is 2. The molecule has 7 nitrogen and oxygen atoms in total. The molecular formula is C21H20ClFN4O3. The van der Waals surface area contributed by atoms with Gasteiger partial charge >= 0.3 is 6.03 Å². The summed E-state index contributed by atoms with van der Waals surface area (Å²) >= 11 is 5.89. The van der Waals surface area contributed by atoms with Crippen LogP contribution in [0.1, 0.15) is 12.0 Å². The summed E-state index contributed by atoms with van der Waals surface area (Å²) in [7, 11) is 0. The van der Waals surface area contributed by atoms with Crippen molar-refractivity contribution in [3.8, 4) is 0 Å². The summed E-state index contributed by atoms with van der Waals surface area (Å²) < 4.78 is 13.7. The molecule has 0 aliphatic carbocycles. The third-order valence-corrected chi connectivity index (χ3v) is 5.56. The topological polar surface area (TPSA) is 90.5 Å². The SMILES string of the molecule is O=C(Nc1ccccc1F)N[C@H]1C[C@H]2C(=O)N[C@@H](Cc3ccc(Cl)cc3)C(=O)N2C1. The first kappa shape index (κ1) is 20.2. The second kappa shape index (κ2) is 8.31. The molecule has 0 saturated carbocycles. The van der Waals surface area contributed by atoms with E-state index in [0.717, 1.165) is 5.56 Å². The van der Waals surface area contributed by atoms with Crippen molar-refractivity contribution in [1.82, 2.24) is 15.5 Å². The number of carbonyl (C=O) groups excluding carboxylic acids is 3. The van der Waals surface area contributed by atoms with Crippen LogP contribution in [0.25, 0.3) is 0 Å². The molecule has 2 aromatic carbocycles. The van der Waals surface area contributed by atoms with Crippen LogP contribution >= 0.6 is 11.6 Å². The number of fused-ring (bicyclic) bond motifs is 1. The zero-order valence-corrected chi connectivity index (χ0v) is 16.7. The van der Waals surface area contributed by atoms with E-state index in [-0.39, 0.29) is 24.0 Å². The van der Waals surface area contributed by atoms with Gasteiger partial charge in [-0.3, -0.25) is 9.59 Å². The van der Waals surface area contributed by atoms with Gasteiger partial charge in [0.25, 0.3) is 0 Å². The Morgan fingerprint density at radius 3 is 2.63 bits per heavy atom. The van der Waals surface area contributed by atoms with E-state index in [9.17, 15) is 18.8 Å². The number of carbonyl (C=O) groups is 3. The molecule has 4 rings (SSSR count). The van der Waals surface area contributed by atoms with E-state index in [1.165, 1.54) is 23.1 Å². The lowest BCUT2D eigenvalue weighted by molar-refractivity contribution is -0.147. The predicted molar refractivity (Wildman–Crippen MR) is 110 cm³/mol. The van der Waals surface area contributed by atoms with Gasteiger partial charge in [0.1, 0.15) is 17.9 Å². The summed E-state index contributed by atoms with van der Waals surface area (Å²) in [5, 5.41) is 8.54. The summed E-state index contributed by atoms with van der Waals surface area (Å²) in [6, 6.07) is 10.6. The predicted octanol–water partition coefficient (Wildman–Crippen LogP) is 2.31. The molecule has 2 heterocycles. The highest BCUT2D eigenvalue weighted by Crippen LogP contribution is 2.24. The average Bonchev–Trinajstić information content (AvgIpc) is 3.14. The Balaban J connectivity index is 1.38. The van der Waals surface area contributed by atoms with Crippen molar-refractivity contribution in [2.75, 3.05) is 11.9 Å². The maximum Gasteiger partial charge on any atom is 0.319 e. The zero-order valence-electron chi connectivity index (χ0n) is 15.9. The number of urea groups is 1. The van der Waals surface area contributed by atoms with Gasteiger partial charge in [-0.25, -0.2) is 9.18 Å². The van der Waals surface area contributed by atoms with Crippen molar-refractivity contribution < 1.29 is 18.8 Å². The molecule has 0 aromatic heterocycles. The highest BCUT2D eigenvalue weighted by atomic mass is 35.5. The van der Waals surface area contributed by atoms with Crippen molar-refractivity contribution in [3.05, 3.63) is 64.9 Å². The minimum absolute atomic E-state index is 0.0579. The van der Waals surface area contributed by atoms with Crippen molar-refractivity contribution in [3.63, 3.8) is 0 Å². The molecule has 0 spiro atoms. The van der Waals surface area contributed by atoms with Crippen LogP contribution in [0, 0.1) is 5.82 Å². The van der Waals surface area contributed by atoms with Gasteiger partial charge in [0.2, 0.25) is 11.8 Å². The summed E-state index contributed by atoms with van der Waals surface area (Å²) in [4.78, 5) is 39.2. The number of nitrogens with one attached hydrogen (secondary N) is 3. The van der Waals surface area contributed by atoms with E-state index in [2.05, 4.69) is 16.0 Å². The summed E-state index contributed by atoms with van der Waals surface area (Å²) in [6.07, 6.45) is 0.659. The molecule has 2 saturated heterocycles. The van der Waals surface area contributed by atoms with Gasteiger partial charge in [-0.2, -0.15) is 0 Å². The Morgan fingerprint density at radius 1 is 1.17 bits per heavy atom. The van der Waals surface area contributed by atoms with E-state index in [1.54, 1.807) is 18.2 Å². The lowest BCUT2D eigenvalue weighted by atomic mass is 10.0. The largest absolute Gasteiger partial charge is 0.342 e. The molecule has 3 atom stereocenters. The Hall–Kier alpha value is -3.13. The van der Waals surface area contributed by atoms with Gasteiger partial charge in [-0.15, -0.1) is 0 Å². The number of para-hydroxylation sites is 1. The minimum Gasteiger partial charge on any atom is -0.342 e. The highest BCUT2D eigenvalue weighted by molar-refractivity contribution is 6.30. The molecule has 2 fully saturated rings. The van der Waals surface area contributed by atoms with Gasteiger partial charge in [-0.05, 0) is 36.2 Å². The third-order valence-electron chi connectivity index (χ3n) is 5.31. The van der Waals surface area contributed by atoms with Crippen molar-refractivity contribution in [2.24, 2.45) is 0 Å². The van der Waals surface area contributed by atoms with Gasteiger partial charge < -0.3 is 20.9 Å². The quantitative estimate of drug-likeness (QED) is 0.695. The molecule has 4 amide bonds. The molecule has 30 heavy (non-hydrogen) atoms. The number of piperazine rings is 1. The maximum absolute atomic E-state index is 13.7. The monoisotopic (exact) mass is 430 g/mol. The highest BCUT2D eigenvalue weighted by Gasteiger charge is 2.46. The Bertz CT molecular complexity index is 984. The second-order valence-electron chi connectivity index (χ2n) is 7.41. The number of nitrogens with zero attached hydrogens (tertiary/aromatic N) is 1. The Morgan fingerprint density at radius 2 is 1.90 bits per heavy atom. The number of hydrogen-bond donors (Lipinski definition) is 3. The number of rotatable bonds is 4. The van der Waals surface area contributed by atoms with E-state index < -0.39 is 30.0 Å². The van der Waals surface area contributed by atoms with Crippen molar-refractivity contribution in [1.29, 1.82) is 0 Å². The van der Waals surface area contributed by atoms with Crippen LogP contribution in [0.5, 0.6) is 0 Å². The van der Waals surface area contributed by atoms with Gasteiger partial charge in [-0.1, -0.05) is 35.9 Å². The van der Waals surface area contributed by atoms with Crippen LogP contribution in [-0.4, -0.2) is 47.4 Å². The lowest BCUT2D eigenvalue weighted by Gasteiger charge is -2.34. The van der Waals surface area contributed by atoms with E-state index in [4.69, 9.17) is 11.6 Å². The van der Waals surface area contributed by atoms with Gasteiger partial charge in [0.05, 0.1) is 11.7 Å². The number of hydrogen-bond acceptors (Lipinski definition) is 3. The standard InChI is InChI=1S/C21H20ClFN4O3/c22-13-7-5-12(6-8-13)9-17-20(29)27-11-14(10-18(27)19(28)25-17)24-21(30)26-16-4-2-1-3-15(16)23/h1-8,14,17-18H,9-11H2,(H,25,28)(H2,24,26,30)/t14-,17-,18-/m0/s1. The van der Waals surface area contributed by atoms with Crippen LogP contribution in [0.3, 0.4) is 0 Å². The van der Waals surface area contributed by atoms with E-state index >= 15 is 0 Å². The summed E-state index contributed by atoms with van der Waals surface area (Å²) in [5.41, 5.74) is 0.942. The molecule has 2 aliphatic rings. The molecule has 9 heteroatoms. The lowest BCUT2D eigenvalue weighted by Crippen LogP contribution is -2.61. The van der Waals surface area contributed by atoms with E-state index in [0.29, 0.717) is 17.9 Å². The van der Waals surface area contributed by atoms with Crippen LogP contribution in [0.2, 0.25) is 5.02 Å². The fourth-order valence-corrected chi connectivity index (χ4v) is 3.99. The third kappa shape index (κ3) is 4.23. The van der Waals surface area contributed by atoms with Gasteiger partial charge in [0, 0.05) is 18.0 Å². The molecule has 156 valence electrons. The molecule has 0 bridgehead atoms. The Labute approximate surface area is 177 Å². The minimum atomic E-state index is -0.666. The molecule has 2 aliphatic heterocycles. The van der Waals surface area contributed by atoms with Gasteiger partial charge in [0.15, 0.2) is 0 Å². The molecule has 0 radical (unpaired) electrons. The number of halogens is 2. The first-order valence-electron chi connectivity index (χ1n) is 9.58. The zero-order chi connectivity index (χ0) is 21.3. The van der Waals surface area contributed by atoms with Crippen LogP contribution in [-0.2, 0) is 16.0 Å². The smallest absolute Gasteiger partial charge is 0.319 e. The number of anilines is 1.